The zero-order valence-electron chi connectivity index (χ0n) is 11.4. The number of rotatable bonds is 4. The highest BCUT2D eigenvalue weighted by atomic mass is 16.5. The van der Waals surface area contributed by atoms with Crippen LogP contribution in [-0.4, -0.2) is 9.97 Å². The summed E-state index contributed by atoms with van der Waals surface area (Å²) in [7, 11) is 0. The Morgan fingerprint density at radius 1 is 1.22 bits per heavy atom. The first-order valence-electron chi connectivity index (χ1n) is 6.26. The average molecular weight is 244 g/mol. The van der Waals surface area contributed by atoms with Crippen molar-refractivity contribution in [3.8, 4) is 0 Å². The van der Waals surface area contributed by atoms with Crippen LogP contribution in [0.5, 0.6) is 0 Å². The van der Waals surface area contributed by atoms with Crippen LogP contribution < -0.4 is 0 Å². The SMILES string of the molecule is Cc1cccc(C)c1C(C)OCc1nc[nH]c1C. The van der Waals surface area contributed by atoms with Gasteiger partial charge < -0.3 is 9.72 Å². The molecule has 1 aromatic heterocycles. The Hall–Kier alpha value is -1.61. The molecule has 0 bridgehead atoms. The van der Waals surface area contributed by atoms with Crippen molar-refractivity contribution in [2.45, 2.75) is 40.4 Å². The molecule has 2 aromatic rings. The monoisotopic (exact) mass is 244 g/mol. The van der Waals surface area contributed by atoms with E-state index in [0.29, 0.717) is 6.61 Å². The van der Waals surface area contributed by atoms with Crippen LogP contribution in [0.3, 0.4) is 0 Å². The van der Waals surface area contributed by atoms with Gasteiger partial charge in [0.15, 0.2) is 0 Å². The molecule has 0 saturated carbocycles. The third-order valence-corrected chi connectivity index (χ3v) is 3.35. The Morgan fingerprint density at radius 2 is 1.89 bits per heavy atom. The number of benzene rings is 1. The third-order valence-electron chi connectivity index (χ3n) is 3.35. The minimum atomic E-state index is 0.0855. The summed E-state index contributed by atoms with van der Waals surface area (Å²) in [6.07, 6.45) is 1.79. The van der Waals surface area contributed by atoms with Crippen LogP contribution in [0, 0.1) is 20.8 Å². The summed E-state index contributed by atoms with van der Waals surface area (Å²) in [4.78, 5) is 7.31. The van der Waals surface area contributed by atoms with Crippen LogP contribution in [-0.2, 0) is 11.3 Å². The number of nitrogens with one attached hydrogen (secondary N) is 1. The molecule has 3 nitrogen and oxygen atoms in total. The largest absolute Gasteiger partial charge is 0.367 e. The fourth-order valence-corrected chi connectivity index (χ4v) is 2.29. The highest BCUT2D eigenvalue weighted by Gasteiger charge is 2.12. The van der Waals surface area contributed by atoms with E-state index in [-0.39, 0.29) is 6.10 Å². The van der Waals surface area contributed by atoms with Gasteiger partial charge in [-0.15, -0.1) is 0 Å². The first-order valence-corrected chi connectivity index (χ1v) is 6.26. The summed E-state index contributed by atoms with van der Waals surface area (Å²) >= 11 is 0. The third kappa shape index (κ3) is 2.62. The van der Waals surface area contributed by atoms with Crippen LogP contribution in [0.25, 0.3) is 0 Å². The van der Waals surface area contributed by atoms with E-state index in [4.69, 9.17) is 4.74 Å². The van der Waals surface area contributed by atoms with E-state index in [9.17, 15) is 0 Å². The molecule has 0 spiro atoms. The minimum Gasteiger partial charge on any atom is -0.367 e. The first-order chi connectivity index (χ1) is 8.59. The molecule has 0 aliphatic carbocycles. The number of aryl methyl sites for hydroxylation is 3. The van der Waals surface area contributed by atoms with E-state index in [2.05, 4.69) is 48.9 Å². The van der Waals surface area contributed by atoms with Crippen molar-refractivity contribution in [2.24, 2.45) is 0 Å². The van der Waals surface area contributed by atoms with Gasteiger partial charge in [0.1, 0.15) is 0 Å². The molecule has 0 fully saturated rings. The molecular formula is C15H20N2O. The highest BCUT2D eigenvalue weighted by Crippen LogP contribution is 2.25. The maximum atomic E-state index is 5.93. The van der Waals surface area contributed by atoms with Gasteiger partial charge in [0, 0.05) is 5.69 Å². The Kier molecular flexibility index (Phi) is 3.82. The first kappa shape index (κ1) is 12.8. The smallest absolute Gasteiger partial charge is 0.0926 e. The summed E-state index contributed by atoms with van der Waals surface area (Å²) in [5.41, 5.74) is 5.89. The summed E-state index contributed by atoms with van der Waals surface area (Å²) in [6, 6.07) is 6.34. The molecule has 1 heterocycles. The molecule has 0 amide bonds. The van der Waals surface area contributed by atoms with Crippen LogP contribution in [0.2, 0.25) is 0 Å². The molecule has 0 radical (unpaired) electrons. The summed E-state index contributed by atoms with van der Waals surface area (Å²) in [5.74, 6) is 0. The van der Waals surface area contributed by atoms with Crippen molar-refractivity contribution in [3.05, 3.63) is 52.6 Å². The van der Waals surface area contributed by atoms with Crippen LogP contribution in [0.4, 0.5) is 0 Å². The maximum absolute atomic E-state index is 5.93. The lowest BCUT2D eigenvalue weighted by Gasteiger charge is -2.18. The van der Waals surface area contributed by atoms with Gasteiger partial charge >= 0.3 is 0 Å². The second-order valence-electron chi connectivity index (χ2n) is 4.73. The number of H-pyrrole nitrogens is 1. The standard InChI is InChI=1S/C15H20N2O/c1-10-6-5-7-11(2)15(10)13(4)18-8-14-12(3)16-9-17-14/h5-7,9,13H,8H2,1-4H3,(H,16,17). The number of ether oxygens (including phenoxy) is 1. The van der Waals surface area contributed by atoms with Crippen molar-refractivity contribution < 1.29 is 4.74 Å². The summed E-state index contributed by atoms with van der Waals surface area (Å²) in [5, 5.41) is 0. The van der Waals surface area contributed by atoms with Gasteiger partial charge in [-0.3, -0.25) is 0 Å². The topological polar surface area (TPSA) is 37.9 Å². The van der Waals surface area contributed by atoms with Gasteiger partial charge in [-0.05, 0) is 44.4 Å². The molecular weight excluding hydrogens is 224 g/mol. The Morgan fingerprint density at radius 3 is 2.44 bits per heavy atom. The van der Waals surface area contributed by atoms with Crippen LogP contribution >= 0.6 is 0 Å². The molecule has 18 heavy (non-hydrogen) atoms. The Bertz CT molecular complexity index is 511. The maximum Gasteiger partial charge on any atom is 0.0926 e. The average Bonchev–Trinajstić information content (AvgIpc) is 2.72. The van der Waals surface area contributed by atoms with E-state index < -0.39 is 0 Å². The number of nitrogens with zero attached hydrogens (tertiary/aromatic N) is 1. The molecule has 1 unspecified atom stereocenters. The number of aromatic amines is 1. The highest BCUT2D eigenvalue weighted by molar-refractivity contribution is 5.35. The van der Waals surface area contributed by atoms with Gasteiger partial charge in [-0.25, -0.2) is 4.98 Å². The number of imidazole rings is 1. The van der Waals surface area contributed by atoms with Crippen molar-refractivity contribution in [3.63, 3.8) is 0 Å². The molecule has 96 valence electrons. The second kappa shape index (κ2) is 5.36. The predicted molar refractivity (Wildman–Crippen MR) is 72.4 cm³/mol. The van der Waals surface area contributed by atoms with Gasteiger partial charge in [0.05, 0.1) is 24.7 Å². The van der Waals surface area contributed by atoms with Crippen molar-refractivity contribution in [1.29, 1.82) is 0 Å². The molecule has 0 aliphatic heterocycles. The number of hydrogen-bond acceptors (Lipinski definition) is 2. The fourth-order valence-electron chi connectivity index (χ4n) is 2.29. The van der Waals surface area contributed by atoms with E-state index in [1.807, 2.05) is 6.92 Å². The van der Waals surface area contributed by atoms with E-state index in [1.165, 1.54) is 16.7 Å². The summed E-state index contributed by atoms with van der Waals surface area (Å²) < 4.78 is 5.93. The second-order valence-corrected chi connectivity index (χ2v) is 4.73. The molecule has 0 saturated heterocycles. The fraction of sp³-hybridized carbons (Fsp3) is 0.400. The van der Waals surface area contributed by atoms with Crippen molar-refractivity contribution >= 4 is 0 Å². The van der Waals surface area contributed by atoms with Gasteiger partial charge in [-0.1, -0.05) is 18.2 Å². The molecule has 1 aromatic carbocycles. The molecule has 1 N–H and O–H groups in total. The Labute approximate surface area is 108 Å². The molecule has 3 heteroatoms. The quantitative estimate of drug-likeness (QED) is 0.892. The molecule has 1 atom stereocenters. The lowest BCUT2D eigenvalue weighted by Crippen LogP contribution is -2.05. The predicted octanol–water partition coefficient (Wildman–Crippen LogP) is 3.61. The van der Waals surface area contributed by atoms with Crippen molar-refractivity contribution in [2.75, 3.05) is 0 Å². The van der Waals surface area contributed by atoms with Crippen LogP contribution in [0.1, 0.15) is 41.1 Å². The lowest BCUT2D eigenvalue weighted by molar-refractivity contribution is 0.0496. The molecule has 2 rings (SSSR count). The van der Waals surface area contributed by atoms with E-state index in [1.54, 1.807) is 6.33 Å². The number of hydrogen-bond donors (Lipinski definition) is 1. The van der Waals surface area contributed by atoms with Gasteiger partial charge in [0.2, 0.25) is 0 Å². The normalized spacial score (nSPS) is 12.7. The van der Waals surface area contributed by atoms with Gasteiger partial charge in [0.25, 0.3) is 0 Å². The minimum absolute atomic E-state index is 0.0855. The van der Waals surface area contributed by atoms with E-state index >= 15 is 0 Å². The van der Waals surface area contributed by atoms with Gasteiger partial charge in [-0.2, -0.15) is 0 Å². The lowest BCUT2D eigenvalue weighted by atomic mass is 9.99. The van der Waals surface area contributed by atoms with E-state index in [0.717, 1.165) is 11.4 Å². The zero-order chi connectivity index (χ0) is 13.1. The Balaban J connectivity index is 2.08. The molecule has 0 aliphatic rings. The number of aromatic nitrogens is 2. The van der Waals surface area contributed by atoms with Crippen molar-refractivity contribution in [1.82, 2.24) is 9.97 Å². The summed E-state index contributed by atoms with van der Waals surface area (Å²) in [6.45, 7) is 8.90. The zero-order valence-corrected chi connectivity index (χ0v) is 11.4. The van der Waals surface area contributed by atoms with Crippen LogP contribution in [0.15, 0.2) is 24.5 Å².